The summed E-state index contributed by atoms with van der Waals surface area (Å²) in [6.07, 6.45) is 0.292. The lowest BCUT2D eigenvalue weighted by Gasteiger charge is -2.08. The van der Waals surface area contributed by atoms with Crippen molar-refractivity contribution in [3.63, 3.8) is 0 Å². The molecule has 2 N–H and O–H groups in total. The van der Waals surface area contributed by atoms with E-state index in [0.717, 1.165) is 11.1 Å². The van der Waals surface area contributed by atoms with E-state index in [1.165, 1.54) is 6.07 Å². The van der Waals surface area contributed by atoms with Gasteiger partial charge in [0.25, 0.3) is 0 Å². The van der Waals surface area contributed by atoms with Crippen molar-refractivity contribution in [1.29, 1.82) is 0 Å². The zero-order valence-corrected chi connectivity index (χ0v) is 12.0. The molecular formula is C17H17NO3. The fourth-order valence-corrected chi connectivity index (χ4v) is 2.08. The van der Waals surface area contributed by atoms with Crippen LogP contribution in [0.2, 0.25) is 0 Å². The maximum Gasteiger partial charge on any atom is 0.335 e. The maximum absolute atomic E-state index is 12.0. The van der Waals surface area contributed by atoms with Gasteiger partial charge in [-0.3, -0.25) is 4.79 Å². The Morgan fingerprint density at radius 2 is 1.71 bits per heavy atom. The Bertz CT molecular complexity index is 675. The van der Waals surface area contributed by atoms with Gasteiger partial charge in [-0.05, 0) is 43.2 Å². The molecule has 21 heavy (non-hydrogen) atoms. The highest BCUT2D eigenvalue weighted by molar-refractivity contribution is 5.94. The van der Waals surface area contributed by atoms with Crippen LogP contribution in [0.4, 0.5) is 5.69 Å². The summed E-state index contributed by atoms with van der Waals surface area (Å²) in [4.78, 5) is 22.9. The molecule has 0 radical (unpaired) electrons. The van der Waals surface area contributed by atoms with Crippen molar-refractivity contribution in [3.05, 3.63) is 64.7 Å². The molecule has 1 amide bonds. The molecule has 0 aliphatic carbocycles. The molecular weight excluding hydrogens is 266 g/mol. The van der Waals surface area contributed by atoms with E-state index in [-0.39, 0.29) is 11.5 Å². The van der Waals surface area contributed by atoms with Gasteiger partial charge in [0.2, 0.25) is 5.91 Å². The second-order valence-corrected chi connectivity index (χ2v) is 5.05. The minimum absolute atomic E-state index is 0.124. The number of aromatic carboxylic acids is 1. The smallest absolute Gasteiger partial charge is 0.335 e. The lowest BCUT2D eigenvalue weighted by molar-refractivity contribution is -0.115. The third-order valence-corrected chi connectivity index (χ3v) is 3.23. The highest BCUT2D eigenvalue weighted by atomic mass is 16.4. The number of carboxylic acids is 1. The highest BCUT2D eigenvalue weighted by Crippen LogP contribution is 2.15. The zero-order chi connectivity index (χ0) is 15.4. The first-order valence-corrected chi connectivity index (χ1v) is 6.65. The van der Waals surface area contributed by atoms with Gasteiger partial charge in [0.1, 0.15) is 0 Å². The van der Waals surface area contributed by atoms with Gasteiger partial charge in [-0.2, -0.15) is 0 Å². The van der Waals surface area contributed by atoms with E-state index in [1.807, 2.05) is 31.2 Å². The number of carbonyl (C=O) groups excluding carboxylic acids is 1. The number of rotatable bonds is 4. The van der Waals surface area contributed by atoms with Gasteiger partial charge in [-0.25, -0.2) is 4.79 Å². The van der Waals surface area contributed by atoms with Crippen LogP contribution in [0.15, 0.2) is 42.5 Å². The second kappa shape index (κ2) is 6.22. The van der Waals surface area contributed by atoms with Gasteiger partial charge < -0.3 is 10.4 Å². The van der Waals surface area contributed by atoms with Crippen molar-refractivity contribution < 1.29 is 14.7 Å². The van der Waals surface area contributed by atoms with Crippen LogP contribution in [0.25, 0.3) is 0 Å². The van der Waals surface area contributed by atoms with E-state index in [1.54, 1.807) is 19.1 Å². The number of anilines is 1. The molecule has 2 aromatic carbocycles. The standard InChI is InChI=1S/C17H17NO3/c1-11-3-5-13(6-4-11)10-16(19)18-14-7-8-15(17(20)21)12(2)9-14/h3-9H,10H2,1-2H3,(H,18,19)(H,20,21). The molecule has 4 nitrogen and oxygen atoms in total. The molecule has 0 spiro atoms. The highest BCUT2D eigenvalue weighted by Gasteiger charge is 2.09. The summed E-state index contributed by atoms with van der Waals surface area (Å²) in [6, 6.07) is 12.5. The van der Waals surface area contributed by atoms with E-state index in [4.69, 9.17) is 5.11 Å². The van der Waals surface area contributed by atoms with Crippen molar-refractivity contribution in [2.24, 2.45) is 0 Å². The molecule has 0 unspecified atom stereocenters. The van der Waals surface area contributed by atoms with Crippen LogP contribution >= 0.6 is 0 Å². The zero-order valence-electron chi connectivity index (χ0n) is 12.0. The van der Waals surface area contributed by atoms with Crippen LogP contribution in [0.1, 0.15) is 27.0 Å². The maximum atomic E-state index is 12.0. The van der Waals surface area contributed by atoms with Gasteiger partial charge in [-0.1, -0.05) is 29.8 Å². The van der Waals surface area contributed by atoms with Crippen LogP contribution in [0.5, 0.6) is 0 Å². The first-order valence-electron chi connectivity index (χ1n) is 6.65. The van der Waals surface area contributed by atoms with E-state index < -0.39 is 5.97 Å². The number of aryl methyl sites for hydroxylation is 2. The van der Waals surface area contributed by atoms with Gasteiger partial charge in [0.05, 0.1) is 12.0 Å². The number of hydrogen-bond acceptors (Lipinski definition) is 2. The average Bonchev–Trinajstić information content (AvgIpc) is 2.41. The molecule has 0 saturated carbocycles. The first-order chi connectivity index (χ1) is 9.95. The van der Waals surface area contributed by atoms with Crippen molar-refractivity contribution in [1.82, 2.24) is 0 Å². The van der Waals surface area contributed by atoms with Gasteiger partial charge >= 0.3 is 5.97 Å². The summed E-state index contributed by atoms with van der Waals surface area (Å²) in [5.74, 6) is -1.09. The number of benzene rings is 2. The minimum atomic E-state index is -0.968. The molecule has 0 fully saturated rings. The Morgan fingerprint density at radius 3 is 2.29 bits per heavy atom. The molecule has 0 aromatic heterocycles. The fraction of sp³-hybridized carbons (Fsp3) is 0.176. The number of carboxylic acid groups (broad SMARTS) is 1. The van der Waals surface area contributed by atoms with E-state index in [2.05, 4.69) is 5.32 Å². The number of nitrogens with one attached hydrogen (secondary N) is 1. The summed E-state index contributed by atoms with van der Waals surface area (Å²) in [7, 11) is 0. The van der Waals surface area contributed by atoms with Gasteiger partial charge in [0, 0.05) is 5.69 Å². The molecule has 0 heterocycles. The third kappa shape index (κ3) is 3.92. The predicted octanol–water partition coefficient (Wildman–Crippen LogP) is 3.18. The lowest BCUT2D eigenvalue weighted by atomic mass is 10.1. The summed E-state index contributed by atoms with van der Waals surface area (Å²) in [6.45, 7) is 3.70. The van der Waals surface area contributed by atoms with E-state index in [0.29, 0.717) is 17.7 Å². The molecule has 0 saturated heterocycles. The van der Waals surface area contributed by atoms with E-state index >= 15 is 0 Å². The number of hydrogen-bond donors (Lipinski definition) is 2. The predicted molar refractivity (Wildman–Crippen MR) is 81.7 cm³/mol. The summed E-state index contributed by atoms with van der Waals surface area (Å²) in [5, 5.41) is 11.7. The fourth-order valence-electron chi connectivity index (χ4n) is 2.08. The Morgan fingerprint density at radius 1 is 1.05 bits per heavy atom. The number of carbonyl (C=O) groups is 2. The first kappa shape index (κ1) is 14.8. The molecule has 0 aliphatic heterocycles. The SMILES string of the molecule is Cc1ccc(CC(=O)Nc2ccc(C(=O)O)c(C)c2)cc1. The van der Waals surface area contributed by atoms with E-state index in [9.17, 15) is 9.59 Å². The third-order valence-electron chi connectivity index (χ3n) is 3.23. The van der Waals surface area contributed by atoms with Gasteiger partial charge in [0.15, 0.2) is 0 Å². The summed E-state index contributed by atoms with van der Waals surface area (Å²) >= 11 is 0. The second-order valence-electron chi connectivity index (χ2n) is 5.05. The Hall–Kier alpha value is -2.62. The summed E-state index contributed by atoms with van der Waals surface area (Å²) < 4.78 is 0. The minimum Gasteiger partial charge on any atom is -0.478 e. The monoisotopic (exact) mass is 283 g/mol. The molecule has 0 atom stereocenters. The summed E-state index contributed by atoms with van der Waals surface area (Å²) in [5.41, 5.74) is 3.56. The topological polar surface area (TPSA) is 66.4 Å². The Balaban J connectivity index is 2.04. The van der Waals surface area contributed by atoms with Crippen LogP contribution in [0, 0.1) is 13.8 Å². The normalized spacial score (nSPS) is 10.2. The quantitative estimate of drug-likeness (QED) is 0.905. The van der Waals surface area contributed by atoms with Crippen molar-refractivity contribution in [3.8, 4) is 0 Å². The molecule has 2 rings (SSSR count). The van der Waals surface area contributed by atoms with Crippen molar-refractivity contribution in [2.75, 3.05) is 5.32 Å². The van der Waals surface area contributed by atoms with Crippen LogP contribution in [0.3, 0.4) is 0 Å². The molecule has 108 valence electrons. The van der Waals surface area contributed by atoms with Crippen molar-refractivity contribution >= 4 is 17.6 Å². The van der Waals surface area contributed by atoms with Crippen molar-refractivity contribution in [2.45, 2.75) is 20.3 Å². The molecule has 0 aliphatic rings. The number of amides is 1. The van der Waals surface area contributed by atoms with Gasteiger partial charge in [-0.15, -0.1) is 0 Å². The van der Waals surface area contributed by atoms with Crippen LogP contribution < -0.4 is 5.32 Å². The lowest BCUT2D eigenvalue weighted by Crippen LogP contribution is -2.14. The van der Waals surface area contributed by atoms with Crippen LogP contribution in [-0.2, 0) is 11.2 Å². The largest absolute Gasteiger partial charge is 0.478 e. The average molecular weight is 283 g/mol. The molecule has 4 heteroatoms. The van der Waals surface area contributed by atoms with Crippen LogP contribution in [-0.4, -0.2) is 17.0 Å². The molecule has 0 bridgehead atoms. The molecule has 2 aromatic rings. The Kier molecular flexibility index (Phi) is 4.38. The Labute approximate surface area is 123 Å².